The molecule has 0 aliphatic heterocycles. The Labute approximate surface area is 105 Å². The summed E-state index contributed by atoms with van der Waals surface area (Å²) >= 11 is 1.69. The Morgan fingerprint density at radius 2 is 2.41 bits per heavy atom. The summed E-state index contributed by atoms with van der Waals surface area (Å²) in [6, 6.07) is 2.01. The van der Waals surface area contributed by atoms with Crippen molar-refractivity contribution in [3.63, 3.8) is 0 Å². The number of rotatable bonds is 3. The fraction of sp³-hybridized carbons (Fsp3) is 0.308. The second kappa shape index (κ2) is 5.67. The van der Waals surface area contributed by atoms with Crippen LogP contribution in [0.2, 0.25) is 0 Å². The maximum absolute atomic E-state index is 8.69. The Morgan fingerprint density at radius 3 is 3.12 bits per heavy atom. The van der Waals surface area contributed by atoms with Crippen molar-refractivity contribution >= 4 is 11.3 Å². The van der Waals surface area contributed by atoms with Crippen LogP contribution in [0.3, 0.4) is 0 Å². The van der Waals surface area contributed by atoms with E-state index >= 15 is 0 Å². The van der Waals surface area contributed by atoms with Crippen molar-refractivity contribution in [3.8, 4) is 11.8 Å². The molecule has 0 saturated heterocycles. The van der Waals surface area contributed by atoms with Crippen LogP contribution in [0.4, 0.5) is 0 Å². The number of hydrogen-bond donors (Lipinski definition) is 1. The van der Waals surface area contributed by atoms with Crippen molar-refractivity contribution < 1.29 is 5.11 Å². The average molecular weight is 246 g/mol. The normalized spacial score (nSPS) is 10.0. The molecule has 88 valence electrons. The van der Waals surface area contributed by atoms with Crippen LogP contribution < -0.4 is 0 Å². The fourth-order valence-corrected chi connectivity index (χ4v) is 2.31. The summed E-state index contributed by atoms with van der Waals surface area (Å²) < 4.78 is 1.92. The molecule has 0 bridgehead atoms. The van der Waals surface area contributed by atoms with E-state index < -0.39 is 0 Å². The Morgan fingerprint density at radius 1 is 1.53 bits per heavy atom. The molecule has 0 aliphatic rings. The number of aliphatic hydroxyl groups excluding tert-OH is 1. The fourth-order valence-electron chi connectivity index (χ4n) is 1.49. The van der Waals surface area contributed by atoms with Gasteiger partial charge in [-0.3, -0.25) is 4.68 Å². The minimum Gasteiger partial charge on any atom is -0.395 e. The zero-order valence-corrected chi connectivity index (χ0v) is 10.5. The summed E-state index contributed by atoms with van der Waals surface area (Å²) in [6.45, 7) is 2.90. The topological polar surface area (TPSA) is 38.0 Å². The molecule has 2 heterocycles. The van der Waals surface area contributed by atoms with Gasteiger partial charge in [0.15, 0.2) is 0 Å². The Kier molecular flexibility index (Phi) is 3.97. The molecule has 0 unspecified atom stereocenters. The van der Waals surface area contributed by atoms with Crippen LogP contribution in [-0.4, -0.2) is 21.5 Å². The Hall–Kier alpha value is -1.57. The largest absolute Gasteiger partial charge is 0.395 e. The molecule has 0 fully saturated rings. The first-order chi connectivity index (χ1) is 8.29. The van der Waals surface area contributed by atoms with Gasteiger partial charge in [-0.2, -0.15) is 5.10 Å². The molecule has 17 heavy (non-hydrogen) atoms. The highest BCUT2D eigenvalue weighted by molar-refractivity contribution is 7.10. The van der Waals surface area contributed by atoms with E-state index in [0.29, 0.717) is 6.42 Å². The number of aromatic nitrogens is 2. The molecule has 0 spiro atoms. The first-order valence-electron chi connectivity index (χ1n) is 5.45. The summed E-state index contributed by atoms with van der Waals surface area (Å²) in [5.74, 6) is 6.03. The van der Waals surface area contributed by atoms with Crippen LogP contribution in [0.15, 0.2) is 23.8 Å². The van der Waals surface area contributed by atoms with E-state index in [0.717, 1.165) is 17.7 Å². The maximum atomic E-state index is 8.69. The standard InChI is InChI=1S/C13H14N2OS/c1-11-8-14-15(9-11)10-13-12(5-7-17-13)4-2-3-6-16/h5,7-9,16H,3,6,10H2,1H3. The molecule has 0 atom stereocenters. The molecule has 0 aromatic carbocycles. The first kappa shape index (κ1) is 11.9. The molecular formula is C13H14N2OS. The van der Waals surface area contributed by atoms with Crippen molar-refractivity contribution in [2.75, 3.05) is 6.61 Å². The minimum atomic E-state index is 0.116. The quantitative estimate of drug-likeness (QED) is 0.842. The number of thiophene rings is 1. The predicted molar refractivity (Wildman–Crippen MR) is 69.0 cm³/mol. The molecule has 2 aromatic heterocycles. The van der Waals surface area contributed by atoms with E-state index in [1.807, 2.05) is 35.4 Å². The lowest BCUT2D eigenvalue weighted by Gasteiger charge is -1.99. The first-order valence-corrected chi connectivity index (χ1v) is 6.32. The van der Waals surface area contributed by atoms with Gasteiger partial charge in [0.05, 0.1) is 19.3 Å². The molecule has 0 amide bonds. The van der Waals surface area contributed by atoms with Gasteiger partial charge in [0.25, 0.3) is 0 Å². The second-order valence-electron chi connectivity index (χ2n) is 3.75. The molecule has 2 rings (SSSR count). The van der Waals surface area contributed by atoms with E-state index in [-0.39, 0.29) is 6.61 Å². The van der Waals surface area contributed by atoms with Gasteiger partial charge in [-0.05, 0) is 23.9 Å². The molecule has 3 nitrogen and oxygen atoms in total. The molecule has 0 saturated carbocycles. The number of nitrogens with zero attached hydrogens (tertiary/aromatic N) is 2. The maximum Gasteiger partial charge on any atom is 0.0764 e. The van der Waals surface area contributed by atoms with Gasteiger partial charge in [0, 0.05) is 23.1 Å². The highest BCUT2D eigenvalue weighted by Crippen LogP contribution is 2.17. The predicted octanol–water partition coefficient (Wildman–Crippen LogP) is 2.04. The van der Waals surface area contributed by atoms with Crippen LogP contribution in [0.25, 0.3) is 0 Å². The summed E-state index contributed by atoms with van der Waals surface area (Å²) in [4.78, 5) is 1.21. The van der Waals surface area contributed by atoms with E-state index in [1.165, 1.54) is 4.88 Å². The van der Waals surface area contributed by atoms with Crippen LogP contribution >= 0.6 is 11.3 Å². The summed E-state index contributed by atoms with van der Waals surface area (Å²) in [5, 5.41) is 15.0. The third kappa shape index (κ3) is 3.19. The van der Waals surface area contributed by atoms with Gasteiger partial charge >= 0.3 is 0 Å². The summed E-state index contributed by atoms with van der Waals surface area (Å²) in [5.41, 5.74) is 2.20. The molecule has 0 aliphatic carbocycles. The van der Waals surface area contributed by atoms with Crippen molar-refractivity contribution in [2.24, 2.45) is 0 Å². The highest BCUT2D eigenvalue weighted by Gasteiger charge is 2.03. The van der Waals surface area contributed by atoms with Crippen molar-refractivity contribution in [1.29, 1.82) is 0 Å². The minimum absolute atomic E-state index is 0.116. The van der Waals surface area contributed by atoms with Gasteiger partial charge in [-0.15, -0.1) is 11.3 Å². The van der Waals surface area contributed by atoms with Crippen molar-refractivity contribution in [3.05, 3.63) is 39.8 Å². The lowest BCUT2D eigenvalue weighted by atomic mass is 10.2. The van der Waals surface area contributed by atoms with Gasteiger partial charge in [-0.1, -0.05) is 11.8 Å². The third-order valence-electron chi connectivity index (χ3n) is 2.27. The van der Waals surface area contributed by atoms with Crippen LogP contribution in [-0.2, 0) is 6.54 Å². The van der Waals surface area contributed by atoms with E-state index in [4.69, 9.17) is 5.11 Å². The van der Waals surface area contributed by atoms with Crippen LogP contribution in [0.1, 0.15) is 22.4 Å². The number of hydrogen-bond acceptors (Lipinski definition) is 3. The average Bonchev–Trinajstić information content (AvgIpc) is 2.90. The van der Waals surface area contributed by atoms with Gasteiger partial charge in [0.1, 0.15) is 0 Å². The zero-order chi connectivity index (χ0) is 12.1. The third-order valence-corrected chi connectivity index (χ3v) is 3.18. The SMILES string of the molecule is Cc1cnn(Cc2sccc2C#CCCO)c1. The number of aliphatic hydroxyl groups is 1. The summed E-state index contributed by atoms with van der Waals surface area (Å²) in [7, 11) is 0. The smallest absolute Gasteiger partial charge is 0.0764 e. The van der Waals surface area contributed by atoms with Gasteiger partial charge in [0.2, 0.25) is 0 Å². The molecule has 4 heteroatoms. The van der Waals surface area contributed by atoms with Crippen molar-refractivity contribution in [2.45, 2.75) is 19.9 Å². The Bertz CT molecular complexity index is 545. The van der Waals surface area contributed by atoms with Gasteiger partial charge < -0.3 is 5.11 Å². The molecular weight excluding hydrogens is 232 g/mol. The molecule has 1 N–H and O–H groups in total. The lowest BCUT2D eigenvalue weighted by molar-refractivity contribution is 0.305. The molecule has 2 aromatic rings. The zero-order valence-electron chi connectivity index (χ0n) is 9.68. The summed E-state index contributed by atoms with van der Waals surface area (Å²) in [6.07, 6.45) is 4.39. The highest BCUT2D eigenvalue weighted by atomic mass is 32.1. The monoisotopic (exact) mass is 246 g/mol. The number of aryl methyl sites for hydroxylation is 1. The van der Waals surface area contributed by atoms with E-state index in [9.17, 15) is 0 Å². The Balaban J connectivity index is 2.12. The van der Waals surface area contributed by atoms with Crippen LogP contribution in [0, 0.1) is 18.8 Å². The van der Waals surface area contributed by atoms with E-state index in [1.54, 1.807) is 11.3 Å². The second-order valence-corrected chi connectivity index (χ2v) is 4.75. The molecule has 0 radical (unpaired) electrons. The van der Waals surface area contributed by atoms with Crippen LogP contribution in [0.5, 0.6) is 0 Å². The van der Waals surface area contributed by atoms with Crippen molar-refractivity contribution in [1.82, 2.24) is 9.78 Å². The lowest BCUT2D eigenvalue weighted by Crippen LogP contribution is -1.99. The van der Waals surface area contributed by atoms with E-state index in [2.05, 4.69) is 16.9 Å². The van der Waals surface area contributed by atoms with Gasteiger partial charge in [-0.25, -0.2) is 0 Å².